The maximum absolute atomic E-state index is 12.2. The Kier molecular flexibility index (Phi) is 4.43. The van der Waals surface area contributed by atoms with E-state index in [0.29, 0.717) is 11.3 Å². The number of halogens is 2. The first-order chi connectivity index (χ1) is 9.70. The molecule has 1 aromatic heterocycles. The number of sulfonamides is 1. The van der Waals surface area contributed by atoms with E-state index in [1.54, 1.807) is 12.1 Å². The van der Waals surface area contributed by atoms with E-state index in [1.165, 1.54) is 6.07 Å². The monoisotopic (exact) mass is 366 g/mol. The van der Waals surface area contributed by atoms with Crippen LogP contribution in [-0.4, -0.2) is 13.3 Å². The van der Waals surface area contributed by atoms with Crippen LogP contribution in [0.4, 0.5) is 11.4 Å². The molecule has 1 aromatic carbocycles. The van der Waals surface area contributed by atoms with E-state index >= 15 is 0 Å². The van der Waals surface area contributed by atoms with Crippen LogP contribution in [0.1, 0.15) is 5.56 Å². The lowest BCUT2D eigenvalue weighted by molar-refractivity contribution is -0.384. The zero-order valence-electron chi connectivity index (χ0n) is 10.5. The average molecular weight is 367 g/mol. The third-order valence-corrected chi connectivity index (χ3v) is 5.97. The summed E-state index contributed by atoms with van der Waals surface area (Å²) in [5, 5.41) is 10.9. The van der Waals surface area contributed by atoms with Gasteiger partial charge in [-0.2, -0.15) is 0 Å². The van der Waals surface area contributed by atoms with Gasteiger partial charge in [-0.3, -0.25) is 14.8 Å². The van der Waals surface area contributed by atoms with E-state index in [2.05, 4.69) is 4.72 Å². The summed E-state index contributed by atoms with van der Waals surface area (Å²) in [6.07, 6.45) is 0. The van der Waals surface area contributed by atoms with Gasteiger partial charge in [0.1, 0.15) is 4.21 Å². The SMILES string of the molecule is Cc1ccc(NS(=O)(=O)c2cc([N+](=O)[O-])c(Cl)s2)c(Cl)c1. The molecule has 1 N–H and O–H groups in total. The van der Waals surface area contributed by atoms with E-state index in [1.807, 2.05) is 6.92 Å². The third-order valence-electron chi connectivity index (χ3n) is 2.48. The molecule has 2 rings (SSSR count). The average Bonchev–Trinajstić information content (AvgIpc) is 2.76. The summed E-state index contributed by atoms with van der Waals surface area (Å²) >= 11 is 12.2. The van der Waals surface area contributed by atoms with Crippen LogP contribution in [0.25, 0.3) is 0 Å². The number of aryl methyl sites for hydroxylation is 1. The fourth-order valence-electron chi connectivity index (χ4n) is 1.49. The molecular weight excluding hydrogens is 359 g/mol. The second kappa shape index (κ2) is 5.80. The Morgan fingerprint density at radius 1 is 1.29 bits per heavy atom. The number of rotatable bonds is 4. The fraction of sp³-hybridized carbons (Fsp3) is 0.0909. The first kappa shape index (κ1) is 16.0. The second-order valence-electron chi connectivity index (χ2n) is 4.07. The molecule has 6 nitrogen and oxygen atoms in total. The Bertz CT molecular complexity index is 818. The Morgan fingerprint density at radius 3 is 2.48 bits per heavy atom. The highest BCUT2D eigenvalue weighted by Gasteiger charge is 2.25. The van der Waals surface area contributed by atoms with E-state index < -0.39 is 20.6 Å². The molecule has 0 atom stereocenters. The van der Waals surface area contributed by atoms with Crippen LogP contribution in [0.15, 0.2) is 28.5 Å². The largest absolute Gasteiger partial charge is 0.300 e. The van der Waals surface area contributed by atoms with Crippen molar-refractivity contribution in [2.45, 2.75) is 11.1 Å². The molecule has 0 unspecified atom stereocenters. The van der Waals surface area contributed by atoms with Gasteiger partial charge in [0, 0.05) is 6.07 Å². The molecule has 21 heavy (non-hydrogen) atoms. The van der Waals surface area contributed by atoms with Gasteiger partial charge in [-0.1, -0.05) is 29.3 Å². The van der Waals surface area contributed by atoms with Crippen molar-refractivity contribution in [1.29, 1.82) is 0 Å². The predicted octanol–water partition coefficient (Wildman–Crippen LogP) is 4.07. The topological polar surface area (TPSA) is 89.3 Å². The van der Waals surface area contributed by atoms with Crippen molar-refractivity contribution in [3.05, 3.63) is 49.3 Å². The number of anilines is 1. The number of nitro groups is 1. The maximum Gasteiger partial charge on any atom is 0.300 e. The van der Waals surface area contributed by atoms with Gasteiger partial charge >= 0.3 is 0 Å². The number of hydrogen-bond donors (Lipinski definition) is 1. The Hall–Kier alpha value is -1.35. The molecule has 2 aromatic rings. The standard InChI is InChI=1S/C11H8Cl2N2O4S2/c1-6-2-3-8(7(12)4-6)14-21(18,19)10-5-9(15(16)17)11(13)20-10/h2-5,14H,1H3. The van der Waals surface area contributed by atoms with Crippen molar-refractivity contribution in [1.82, 2.24) is 0 Å². The molecule has 0 saturated carbocycles. The van der Waals surface area contributed by atoms with E-state index in [0.717, 1.165) is 11.6 Å². The zero-order chi connectivity index (χ0) is 15.8. The zero-order valence-corrected chi connectivity index (χ0v) is 13.6. The van der Waals surface area contributed by atoms with Crippen LogP contribution >= 0.6 is 34.5 Å². The highest BCUT2D eigenvalue weighted by Crippen LogP contribution is 2.37. The number of hydrogen-bond acceptors (Lipinski definition) is 5. The molecule has 0 amide bonds. The van der Waals surface area contributed by atoms with Crippen LogP contribution in [0.2, 0.25) is 9.36 Å². The van der Waals surface area contributed by atoms with Crippen LogP contribution < -0.4 is 4.72 Å². The van der Waals surface area contributed by atoms with Gasteiger partial charge in [0.2, 0.25) is 0 Å². The van der Waals surface area contributed by atoms with Crippen molar-refractivity contribution in [3.63, 3.8) is 0 Å². The predicted molar refractivity (Wildman–Crippen MR) is 83.0 cm³/mol. The second-order valence-corrected chi connectivity index (χ2v) is 8.04. The van der Waals surface area contributed by atoms with Crippen molar-refractivity contribution < 1.29 is 13.3 Å². The molecule has 0 aliphatic rings. The van der Waals surface area contributed by atoms with E-state index in [9.17, 15) is 18.5 Å². The van der Waals surface area contributed by atoms with Crippen molar-refractivity contribution >= 4 is 55.9 Å². The van der Waals surface area contributed by atoms with E-state index in [4.69, 9.17) is 23.2 Å². The number of thiophene rings is 1. The van der Waals surface area contributed by atoms with Gasteiger partial charge in [0.05, 0.1) is 15.6 Å². The molecule has 0 fully saturated rings. The van der Waals surface area contributed by atoms with E-state index in [-0.39, 0.29) is 19.3 Å². The minimum Gasteiger partial charge on any atom is -0.277 e. The third kappa shape index (κ3) is 3.46. The summed E-state index contributed by atoms with van der Waals surface area (Å²) in [5.41, 5.74) is 0.615. The number of nitrogens with one attached hydrogen (secondary N) is 1. The number of benzene rings is 1. The molecular formula is C11H8Cl2N2O4S2. The summed E-state index contributed by atoms with van der Waals surface area (Å²) in [5.74, 6) is 0. The van der Waals surface area contributed by atoms with Gasteiger partial charge in [-0.15, -0.1) is 11.3 Å². The van der Waals surface area contributed by atoms with Gasteiger partial charge in [0.15, 0.2) is 4.34 Å². The highest BCUT2D eigenvalue weighted by molar-refractivity contribution is 7.94. The fourth-order valence-corrected chi connectivity index (χ4v) is 4.58. The minimum absolute atomic E-state index is 0.189. The summed E-state index contributed by atoms with van der Waals surface area (Å²) in [6, 6.07) is 5.72. The molecule has 10 heteroatoms. The lowest BCUT2D eigenvalue weighted by atomic mass is 10.2. The lowest BCUT2D eigenvalue weighted by Gasteiger charge is -2.08. The molecule has 0 radical (unpaired) electrons. The first-order valence-corrected chi connectivity index (χ1v) is 8.49. The van der Waals surface area contributed by atoms with Gasteiger partial charge in [0.25, 0.3) is 15.7 Å². The normalized spacial score (nSPS) is 11.4. The van der Waals surface area contributed by atoms with Gasteiger partial charge in [-0.25, -0.2) is 8.42 Å². The summed E-state index contributed by atoms with van der Waals surface area (Å²) in [6.45, 7) is 1.81. The van der Waals surface area contributed by atoms with Crippen LogP contribution in [0.3, 0.4) is 0 Å². The van der Waals surface area contributed by atoms with Crippen LogP contribution in [0, 0.1) is 17.0 Å². The molecule has 112 valence electrons. The smallest absolute Gasteiger partial charge is 0.277 e. The van der Waals surface area contributed by atoms with Gasteiger partial charge in [-0.05, 0) is 24.6 Å². The summed E-state index contributed by atoms with van der Waals surface area (Å²) in [7, 11) is -3.99. The van der Waals surface area contributed by atoms with Crippen LogP contribution in [-0.2, 0) is 10.0 Å². The Balaban J connectivity index is 2.38. The lowest BCUT2D eigenvalue weighted by Crippen LogP contribution is -2.11. The minimum atomic E-state index is -3.99. The Morgan fingerprint density at radius 2 is 1.95 bits per heavy atom. The highest BCUT2D eigenvalue weighted by atomic mass is 35.5. The molecule has 0 aliphatic heterocycles. The molecule has 1 heterocycles. The molecule has 0 spiro atoms. The number of nitrogens with zero attached hydrogens (tertiary/aromatic N) is 1. The van der Waals surface area contributed by atoms with Gasteiger partial charge < -0.3 is 0 Å². The Labute approximate surface area is 134 Å². The van der Waals surface area contributed by atoms with Crippen molar-refractivity contribution in [3.8, 4) is 0 Å². The quantitative estimate of drug-likeness (QED) is 0.652. The van der Waals surface area contributed by atoms with Crippen molar-refractivity contribution in [2.75, 3.05) is 4.72 Å². The summed E-state index contributed by atoms with van der Waals surface area (Å²) in [4.78, 5) is 9.96. The van der Waals surface area contributed by atoms with Crippen molar-refractivity contribution in [2.24, 2.45) is 0 Å². The van der Waals surface area contributed by atoms with Crippen LogP contribution in [0.5, 0.6) is 0 Å². The summed E-state index contributed by atoms with van der Waals surface area (Å²) < 4.78 is 26.2. The molecule has 0 bridgehead atoms. The molecule has 0 saturated heterocycles. The first-order valence-electron chi connectivity index (χ1n) is 5.43. The molecule has 0 aliphatic carbocycles. The maximum atomic E-state index is 12.2.